The third-order valence-electron chi connectivity index (χ3n) is 3.86. The molecule has 2 rings (SSSR count). The van der Waals surface area contributed by atoms with Gasteiger partial charge in [-0.15, -0.1) is 0 Å². The van der Waals surface area contributed by atoms with Gasteiger partial charge in [-0.05, 0) is 18.1 Å². The molecule has 10 nitrogen and oxygen atoms in total. The molecular weight excluding hydrogens is 324 g/mol. The molecule has 128 valence electrons. The third kappa shape index (κ3) is 3.04. The van der Waals surface area contributed by atoms with Gasteiger partial charge in [0.25, 0.3) is 0 Å². The zero-order valence-corrected chi connectivity index (χ0v) is 12.2. The van der Waals surface area contributed by atoms with Crippen LogP contribution in [0.1, 0.15) is 12.8 Å². The van der Waals surface area contributed by atoms with Crippen LogP contribution in [-0.4, -0.2) is 56.9 Å². The lowest BCUT2D eigenvalue weighted by Crippen LogP contribution is -2.48. The summed E-state index contributed by atoms with van der Waals surface area (Å²) in [5, 5.41) is 29.5. The highest BCUT2D eigenvalue weighted by atomic mass is 16.4. The van der Waals surface area contributed by atoms with Crippen LogP contribution >= 0.6 is 0 Å². The van der Waals surface area contributed by atoms with Gasteiger partial charge in [0, 0.05) is 12.0 Å². The Morgan fingerprint density at radius 1 is 1.17 bits per heavy atom. The molecule has 0 saturated heterocycles. The molecule has 0 saturated carbocycles. The van der Waals surface area contributed by atoms with Crippen molar-refractivity contribution in [2.24, 2.45) is 11.7 Å². The summed E-state index contributed by atoms with van der Waals surface area (Å²) in [5.41, 5.74) is 4.72. The first-order valence-corrected chi connectivity index (χ1v) is 6.87. The van der Waals surface area contributed by atoms with Crippen molar-refractivity contribution in [1.82, 2.24) is 5.32 Å². The van der Waals surface area contributed by atoms with E-state index >= 15 is 0 Å². The molecule has 0 aromatic rings. The van der Waals surface area contributed by atoms with Gasteiger partial charge in [-0.2, -0.15) is 0 Å². The largest absolute Gasteiger partial charge is 0.481 e. The first-order valence-electron chi connectivity index (χ1n) is 6.87. The van der Waals surface area contributed by atoms with Crippen LogP contribution in [-0.2, 0) is 24.0 Å². The highest BCUT2D eigenvalue weighted by molar-refractivity contribution is 6.50. The zero-order chi connectivity index (χ0) is 18.2. The average molecular weight is 338 g/mol. The Morgan fingerprint density at radius 2 is 1.79 bits per heavy atom. The molecule has 0 radical (unpaired) electrons. The standard InChI is InChI=1S/C14H14N2O8/c15-7(13(21)22)2-4-1-5-6(12(19)20)3-8(14(23)24)16-9(5)11(18)10(4)17/h1,6-8,16H,2-3,15H2,(H,19,20)(H,21,22)(H,23,24)/t6-,7-,8+/m0/s1. The first kappa shape index (κ1) is 17.3. The maximum atomic E-state index is 12.2. The number of carboxylic acid groups (broad SMARTS) is 3. The number of carboxylic acids is 3. The molecule has 0 unspecified atom stereocenters. The highest BCUT2D eigenvalue weighted by Crippen LogP contribution is 2.32. The minimum absolute atomic E-state index is 0.0443. The quantitative estimate of drug-likeness (QED) is 0.285. The van der Waals surface area contributed by atoms with Crippen LogP contribution < -0.4 is 11.1 Å². The van der Waals surface area contributed by atoms with Crippen LogP contribution in [0.15, 0.2) is 22.9 Å². The van der Waals surface area contributed by atoms with E-state index in [9.17, 15) is 29.1 Å². The lowest BCUT2D eigenvalue weighted by Gasteiger charge is -2.32. The van der Waals surface area contributed by atoms with Crippen molar-refractivity contribution in [3.63, 3.8) is 0 Å². The monoisotopic (exact) mass is 338 g/mol. The van der Waals surface area contributed by atoms with E-state index in [0.717, 1.165) is 6.08 Å². The predicted molar refractivity (Wildman–Crippen MR) is 75.7 cm³/mol. The fourth-order valence-corrected chi connectivity index (χ4v) is 2.61. The smallest absolute Gasteiger partial charge is 0.326 e. The Morgan fingerprint density at radius 3 is 2.29 bits per heavy atom. The second-order valence-corrected chi connectivity index (χ2v) is 5.47. The van der Waals surface area contributed by atoms with E-state index in [1.54, 1.807) is 0 Å². The van der Waals surface area contributed by atoms with E-state index in [0.29, 0.717) is 0 Å². The van der Waals surface area contributed by atoms with Crippen molar-refractivity contribution in [1.29, 1.82) is 0 Å². The average Bonchev–Trinajstić information content (AvgIpc) is 2.50. The van der Waals surface area contributed by atoms with Crippen molar-refractivity contribution < 1.29 is 39.3 Å². The van der Waals surface area contributed by atoms with E-state index in [1.807, 2.05) is 0 Å². The van der Waals surface area contributed by atoms with Crippen molar-refractivity contribution >= 4 is 29.5 Å². The van der Waals surface area contributed by atoms with E-state index < -0.39 is 53.9 Å². The van der Waals surface area contributed by atoms with Gasteiger partial charge >= 0.3 is 17.9 Å². The molecule has 1 aliphatic heterocycles. The number of nitrogens with one attached hydrogen (secondary N) is 1. The SMILES string of the molecule is N[C@@H](CC1=CC2=C(N[C@@H](C(=O)O)C[C@@H]2C(=O)O)C(=O)C1=O)C(=O)O. The fraction of sp³-hybridized carbons (Fsp3) is 0.357. The summed E-state index contributed by atoms with van der Waals surface area (Å²) in [6.45, 7) is 0. The van der Waals surface area contributed by atoms with Crippen molar-refractivity contribution in [3.8, 4) is 0 Å². The molecule has 0 fully saturated rings. The van der Waals surface area contributed by atoms with Crippen molar-refractivity contribution in [2.75, 3.05) is 0 Å². The number of rotatable bonds is 5. The van der Waals surface area contributed by atoms with E-state index in [4.69, 9.17) is 15.9 Å². The second kappa shape index (κ2) is 6.24. The van der Waals surface area contributed by atoms with Crippen LogP contribution in [0.2, 0.25) is 0 Å². The Hall–Kier alpha value is -3.01. The maximum absolute atomic E-state index is 12.2. The molecule has 3 atom stereocenters. The van der Waals surface area contributed by atoms with Crippen LogP contribution in [0.4, 0.5) is 0 Å². The minimum Gasteiger partial charge on any atom is -0.481 e. The fourth-order valence-electron chi connectivity index (χ4n) is 2.61. The number of carbonyl (C=O) groups excluding carboxylic acids is 2. The molecule has 1 heterocycles. The summed E-state index contributed by atoms with van der Waals surface area (Å²) in [5.74, 6) is -7.52. The molecule has 0 bridgehead atoms. The summed E-state index contributed by atoms with van der Waals surface area (Å²) in [7, 11) is 0. The number of aliphatic carboxylic acids is 3. The Bertz CT molecular complexity index is 720. The lowest BCUT2D eigenvalue weighted by atomic mass is 9.79. The maximum Gasteiger partial charge on any atom is 0.326 e. The number of nitrogens with two attached hydrogens (primary N) is 1. The van der Waals surface area contributed by atoms with Crippen molar-refractivity contribution in [3.05, 3.63) is 22.9 Å². The number of hydrogen-bond donors (Lipinski definition) is 5. The normalized spacial score (nSPS) is 24.6. The Kier molecular flexibility index (Phi) is 4.51. The first-order chi connectivity index (χ1) is 11.1. The predicted octanol–water partition coefficient (Wildman–Crippen LogP) is -1.73. The number of carbonyl (C=O) groups is 5. The van der Waals surface area contributed by atoms with E-state index in [2.05, 4.69) is 5.32 Å². The molecule has 6 N–H and O–H groups in total. The molecule has 24 heavy (non-hydrogen) atoms. The van der Waals surface area contributed by atoms with Crippen molar-refractivity contribution in [2.45, 2.75) is 24.9 Å². The molecule has 0 amide bonds. The number of allylic oxidation sites excluding steroid dienone is 2. The van der Waals surface area contributed by atoms with Gasteiger partial charge in [-0.3, -0.25) is 19.2 Å². The highest BCUT2D eigenvalue weighted by Gasteiger charge is 2.42. The molecular formula is C14H14N2O8. The molecule has 10 heteroatoms. The van der Waals surface area contributed by atoms with Crippen LogP contribution in [0.25, 0.3) is 0 Å². The third-order valence-corrected chi connectivity index (χ3v) is 3.86. The Labute approximate surface area is 134 Å². The minimum atomic E-state index is -1.43. The van der Waals surface area contributed by atoms with Gasteiger partial charge in [0.05, 0.1) is 11.6 Å². The summed E-state index contributed by atoms with van der Waals surface area (Å²) in [6.07, 6.45) is 0.358. The Balaban J connectivity index is 2.48. The topological polar surface area (TPSA) is 184 Å². The number of Topliss-reactive ketones (excluding diaryl/α,β-unsaturated/α-hetero) is 2. The summed E-state index contributed by atoms with van der Waals surface area (Å²) >= 11 is 0. The van der Waals surface area contributed by atoms with Gasteiger partial charge < -0.3 is 26.4 Å². The molecule has 1 aliphatic carbocycles. The number of hydrogen-bond acceptors (Lipinski definition) is 7. The zero-order valence-electron chi connectivity index (χ0n) is 12.2. The van der Waals surface area contributed by atoms with E-state index in [1.165, 1.54) is 0 Å². The van der Waals surface area contributed by atoms with Gasteiger partial charge in [0.1, 0.15) is 12.1 Å². The van der Waals surface area contributed by atoms with Gasteiger partial charge in [0.2, 0.25) is 11.6 Å². The number of ketones is 2. The van der Waals surface area contributed by atoms with Gasteiger partial charge in [0.15, 0.2) is 0 Å². The summed E-state index contributed by atoms with van der Waals surface area (Å²) in [6, 6.07) is -2.75. The van der Waals surface area contributed by atoms with Crippen LogP contribution in [0, 0.1) is 5.92 Å². The van der Waals surface area contributed by atoms with Crippen LogP contribution in [0.5, 0.6) is 0 Å². The molecule has 0 aromatic carbocycles. The molecule has 2 aliphatic rings. The molecule has 0 aromatic heterocycles. The summed E-state index contributed by atoms with van der Waals surface area (Å²) < 4.78 is 0. The van der Waals surface area contributed by atoms with Gasteiger partial charge in [-0.1, -0.05) is 0 Å². The second-order valence-electron chi connectivity index (χ2n) is 5.47. The molecule has 0 spiro atoms. The van der Waals surface area contributed by atoms with Crippen LogP contribution in [0.3, 0.4) is 0 Å². The summed E-state index contributed by atoms with van der Waals surface area (Å²) in [4.78, 5) is 57.5. The lowest BCUT2D eigenvalue weighted by molar-refractivity contribution is -0.144. The van der Waals surface area contributed by atoms with E-state index in [-0.39, 0.29) is 23.3 Å². The van der Waals surface area contributed by atoms with Gasteiger partial charge in [-0.25, -0.2) is 4.79 Å².